The van der Waals surface area contributed by atoms with Gasteiger partial charge in [-0.1, -0.05) is 60.7 Å². The maximum atomic E-state index is 13.2. The number of imidazole rings is 1. The van der Waals surface area contributed by atoms with Gasteiger partial charge in [0.05, 0.1) is 11.0 Å². The summed E-state index contributed by atoms with van der Waals surface area (Å²) >= 11 is 0. The molecule has 2 N–H and O–H groups in total. The van der Waals surface area contributed by atoms with Crippen molar-refractivity contribution in [3.8, 4) is 0 Å². The molecule has 1 fully saturated rings. The van der Waals surface area contributed by atoms with Crippen molar-refractivity contribution in [2.24, 2.45) is 0 Å². The van der Waals surface area contributed by atoms with E-state index in [0.717, 1.165) is 0 Å². The van der Waals surface area contributed by atoms with Crippen LogP contribution in [0.3, 0.4) is 0 Å². The van der Waals surface area contributed by atoms with Crippen molar-refractivity contribution in [3.05, 3.63) is 101 Å². The second-order valence-corrected chi connectivity index (χ2v) is 8.76. The van der Waals surface area contributed by atoms with Crippen LogP contribution in [0.25, 0.3) is 11.0 Å². The number of aryl methyl sites for hydroxylation is 1. The number of amides is 1. The molecule has 0 atom stereocenters. The van der Waals surface area contributed by atoms with Gasteiger partial charge in [-0.05, 0) is 36.2 Å². The van der Waals surface area contributed by atoms with Gasteiger partial charge in [0, 0.05) is 31.0 Å². The first kappa shape index (κ1) is 22.2. The molecule has 0 radical (unpaired) electrons. The molecule has 3 aromatic carbocycles. The third-order valence-electron chi connectivity index (χ3n) is 6.46. The van der Waals surface area contributed by atoms with Gasteiger partial charge in [0.15, 0.2) is 11.4 Å². The molecular weight excluding hydrogens is 436 g/mol. The minimum Gasteiger partial charge on any atom is -0.373 e. The van der Waals surface area contributed by atoms with Gasteiger partial charge < -0.3 is 15.0 Å². The number of aliphatic hydroxyl groups is 1. The minimum atomic E-state index is -2.70. The Labute approximate surface area is 196 Å². The number of nitrogens with zero attached hydrogens (tertiary/aromatic N) is 2. The maximum absolute atomic E-state index is 13.2. The number of aromatic nitrogens is 2. The van der Waals surface area contributed by atoms with Crippen LogP contribution in [0.2, 0.25) is 0 Å². The number of nitrogens with one attached hydrogen (secondary N) is 1. The summed E-state index contributed by atoms with van der Waals surface area (Å²) in [5.41, 5.74) is 1.53. The topological polar surface area (TPSA) is 67.1 Å². The molecule has 34 heavy (non-hydrogen) atoms. The van der Waals surface area contributed by atoms with E-state index in [9.17, 15) is 18.7 Å². The van der Waals surface area contributed by atoms with Gasteiger partial charge >= 0.3 is 0 Å². The van der Waals surface area contributed by atoms with Crippen LogP contribution in [0.5, 0.6) is 0 Å². The second kappa shape index (κ2) is 8.33. The molecule has 1 aliphatic rings. The fourth-order valence-electron chi connectivity index (χ4n) is 4.68. The molecule has 174 valence electrons. The molecule has 1 saturated carbocycles. The summed E-state index contributed by atoms with van der Waals surface area (Å²) in [6, 6.07) is 23.2. The molecule has 0 saturated heterocycles. The standard InChI is InChI=1S/C27H25F2N3O2/c1-2-32-23-15-18(24(33)30-21-16-26(28,29)17-21)13-14-22(23)31-25(32)27(34,19-9-5-3-6-10-19)20-11-7-4-8-12-20/h3-15,21,34H,2,16-17H2,1H3,(H,30,33). The Morgan fingerprint density at radius 3 is 2.18 bits per heavy atom. The lowest BCUT2D eigenvalue weighted by Gasteiger charge is -2.35. The highest BCUT2D eigenvalue weighted by atomic mass is 19.3. The van der Waals surface area contributed by atoms with Crippen LogP contribution in [0.1, 0.15) is 47.1 Å². The molecule has 4 aromatic rings. The van der Waals surface area contributed by atoms with Gasteiger partial charge in [-0.2, -0.15) is 0 Å². The first-order chi connectivity index (χ1) is 16.3. The van der Waals surface area contributed by atoms with Crippen LogP contribution in [0.4, 0.5) is 8.78 Å². The first-order valence-electron chi connectivity index (χ1n) is 11.3. The van der Waals surface area contributed by atoms with Gasteiger partial charge in [0.25, 0.3) is 11.8 Å². The molecule has 1 heterocycles. The highest BCUT2D eigenvalue weighted by Gasteiger charge is 2.46. The summed E-state index contributed by atoms with van der Waals surface area (Å²) in [4.78, 5) is 17.5. The zero-order chi connectivity index (χ0) is 23.9. The number of hydrogen-bond acceptors (Lipinski definition) is 3. The number of benzene rings is 3. The summed E-state index contributed by atoms with van der Waals surface area (Å²) in [5.74, 6) is -2.65. The lowest BCUT2D eigenvalue weighted by molar-refractivity contribution is -0.0901. The third kappa shape index (κ3) is 3.76. The molecule has 5 rings (SSSR count). The van der Waals surface area contributed by atoms with Crippen molar-refractivity contribution in [1.82, 2.24) is 14.9 Å². The summed E-state index contributed by atoms with van der Waals surface area (Å²) in [5, 5.41) is 14.9. The van der Waals surface area contributed by atoms with Gasteiger partial charge in [-0.15, -0.1) is 0 Å². The predicted octanol–water partition coefficient (Wildman–Crippen LogP) is 4.87. The molecule has 7 heteroatoms. The van der Waals surface area contributed by atoms with Crippen molar-refractivity contribution in [2.45, 2.75) is 43.9 Å². The Morgan fingerprint density at radius 2 is 1.65 bits per heavy atom. The Bertz CT molecular complexity index is 1290. The number of rotatable bonds is 6. The third-order valence-corrected chi connectivity index (χ3v) is 6.46. The van der Waals surface area contributed by atoms with E-state index < -0.39 is 23.5 Å². The largest absolute Gasteiger partial charge is 0.373 e. The molecule has 5 nitrogen and oxygen atoms in total. The van der Waals surface area contributed by atoms with E-state index in [4.69, 9.17) is 4.98 Å². The zero-order valence-corrected chi connectivity index (χ0v) is 18.7. The average Bonchev–Trinajstić information content (AvgIpc) is 3.21. The fourth-order valence-corrected chi connectivity index (χ4v) is 4.68. The van der Waals surface area contributed by atoms with Gasteiger partial charge in [0.1, 0.15) is 0 Å². The predicted molar refractivity (Wildman–Crippen MR) is 126 cm³/mol. The number of fused-ring (bicyclic) bond motifs is 1. The first-order valence-corrected chi connectivity index (χ1v) is 11.3. The zero-order valence-electron chi connectivity index (χ0n) is 18.7. The smallest absolute Gasteiger partial charge is 0.252 e. The number of hydrogen-bond donors (Lipinski definition) is 2. The molecule has 0 bridgehead atoms. The van der Waals surface area contributed by atoms with Crippen LogP contribution in [0, 0.1) is 0 Å². The monoisotopic (exact) mass is 461 g/mol. The van der Waals surface area contributed by atoms with Crippen molar-refractivity contribution < 1.29 is 18.7 Å². The van der Waals surface area contributed by atoms with E-state index in [1.54, 1.807) is 18.2 Å². The average molecular weight is 462 g/mol. The molecule has 1 amide bonds. The summed E-state index contributed by atoms with van der Waals surface area (Å²) in [6.45, 7) is 2.46. The summed E-state index contributed by atoms with van der Waals surface area (Å²) in [7, 11) is 0. The van der Waals surface area contributed by atoms with Crippen LogP contribution in [-0.4, -0.2) is 32.5 Å². The van der Waals surface area contributed by atoms with E-state index in [-0.39, 0.29) is 12.8 Å². The van der Waals surface area contributed by atoms with Gasteiger partial charge in [-0.25, -0.2) is 13.8 Å². The SMILES string of the molecule is CCn1c(C(O)(c2ccccc2)c2ccccc2)nc2ccc(C(=O)NC3CC(F)(F)C3)cc21. The van der Waals surface area contributed by atoms with Crippen molar-refractivity contribution in [1.29, 1.82) is 0 Å². The summed E-state index contributed by atoms with van der Waals surface area (Å²) < 4.78 is 28.2. The van der Waals surface area contributed by atoms with E-state index >= 15 is 0 Å². The molecule has 0 unspecified atom stereocenters. The van der Waals surface area contributed by atoms with Crippen molar-refractivity contribution >= 4 is 16.9 Å². The molecule has 0 aliphatic heterocycles. The van der Waals surface area contributed by atoms with E-state index in [1.165, 1.54) is 0 Å². The number of alkyl halides is 2. The fraction of sp³-hybridized carbons (Fsp3) is 0.259. The van der Waals surface area contributed by atoms with Gasteiger partial charge in [-0.3, -0.25) is 4.79 Å². The highest BCUT2D eigenvalue weighted by Crippen LogP contribution is 2.39. The Hall–Kier alpha value is -3.58. The number of carbonyl (C=O) groups excluding carboxylic acids is 1. The quantitative estimate of drug-likeness (QED) is 0.431. The number of halogens is 2. The van der Waals surface area contributed by atoms with Crippen LogP contribution in [-0.2, 0) is 12.1 Å². The Balaban J connectivity index is 1.59. The molecule has 1 aliphatic carbocycles. The van der Waals surface area contributed by atoms with Gasteiger partial charge in [0.2, 0.25) is 0 Å². The lowest BCUT2D eigenvalue weighted by atomic mass is 9.85. The molecular formula is C27H25F2N3O2. The molecule has 0 spiro atoms. The van der Waals surface area contributed by atoms with Crippen molar-refractivity contribution in [2.75, 3.05) is 0 Å². The van der Waals surface area contributed by atoms with Crippen LogP contribution >= 0.6 is 0 Å². The maximum Gasteiger partial charge on any atom is 0.252 e. The highest BCUT2D eigenvalue weighted by molar-refractivity contribution is 5.97. The lowest BCUT2D eigenvalue weighted by Crippen LogP contribution is -2.50. The Morgan fingerprint density at radius 1 is 1.06 bits per heavy atom. The van der Waals surface area contributed by atoms with E-state index in [1.807, 2.05) is 72.2 Å². The van der Waals surface area contributed by atoms with Crippen molar-refractivity contribution in [3.63, 3.8) is 0 Å². The number of carbonyl (C=O) groups is 1. The normalized spacial score (nSPS) is 15.8. The summed E-state index contributed by atoms with van der Waals surface area (Å²) in [6.07, 6.45) is -0.668. The van der Waals surface area contributed by atoms with E-state index in [0.29, 0.717) is 40.1 Å². The van der Waals surface area contributed by atoms with Crippen LogP contribution < -0.4 is 5.32 Å². The van der Waals surface area contributed by atoms with E-state index in [2.05, 4.69) is 5.32 Å². The molecule has 1 aromatic heterocycles. The minimum absolute atomic E-state index is 0.334. The van der Waals surface area contributed by atoms with Crippen LogP contribution in [0.15, 0.2) is 78.9 Å². The second-order valence-electron chi connectivity index (χ2n) is 8.76. The Kier molecular flexibility index (Phi) is 5.44.